The first-order valence-corrected chi connectivity index (χ1v) is 9.69. The monoisotopic (exact) mass is 322 g/mol. The van der Waals surface area contributed by atoms with E-state index in [1.807, 2.05) is 13.8 Å². The van der Waals surface area contributed by atoms with E-state index in [0.29, 0.717) is 12.6 Å². The third kappa shape index (κ3) is 5.62. The zero-order chi connectivity index (χ0) is 16.5. The van der Waals surface area contributed by atoms with E-state index in [-0.39, 0.29) is 0 Å². The summed E-state index contributed by atoms with van der Waals surface area (Å²) in [6.07, 6.45) is 0. The highest BCUT2D eigenvalue weighted by atomic mass is 31.1. The molecule has 1 aromatic carbocycles. The molecule has 22 heavy (non-hydrogen) atoms. The van der Waals surface area contributed by atoms with Gasteiger partial charge in [-0.2, -0.15) is 0 Å². The molecule has 1 aliphatic rings. The number of rotatable bonds is 7. The minimum absolute atomic E-state index is 0.507. The highest BCUT2D eigenvalue weighted by Crippen LogP contribution is 2.33. The number of ether oxygens (including phenoxy) is 1. The third-order valence-corrected chi connectivity index (χ3v) is 4.39. The predicted molar refractivity (Wildman–Crippen MR) is 99.0 cm³/mol. The van der Waals surface area contributed by atoms with Gasteiger partial charge in [0, 0.05) is 31.1 Å². The summed E-state index contributed by atoms with van der Waals surface area (Å²) < 4.78 is 5.80. The maximum Gasteiger partial charge on any atom is 0.119 e. The van der Waals surface area contributed by atoms with Gasteiger partial charge in [-0.05, 0) is 29.9 Å². The Labute approximate surface area is 137 Å². The molecule has 0 aliphatic carbocycles. The van der Waals surface area contributed by atoms with Crippen LogP contribution in [0.15, 0.2) is 30.2 Å². The Morgan fingerprint density at radius 1 is 1.32 bits per heavy atom. The molecule has 0 saturated heterocycles. The fraction of sp³-hybridized carbons (Fsp3) is 0.556. The minimum Gasteiger partial charge on any atom is -0.492 e. The van der Waals surface area contributed by atoms with Crippen LogP contribution in [0.3, 0.4) is 0 Å². The van der Waals surface area contributed by atoms with Crippen molar-refractivity contribution in [3.05, 3.63) is 41.3 Å². The Hall–Kier alpha value is -1.05. The Morgan fingerprint density at radius 2 is 2.00 bits per heavy atom. The largest absolute Gasteiger partial charge is 0.492 e. The first-order chi connectivity index (χ1) is 10.6. The molecule has 0 spiro atoms. The average molecular weight is 322 g/mol. The topological polar surface area (TPSA) is 24.5 Å². The summed E-state index contributed by atoms with van der Waals surface area (Å²) >= 11 is 0. The molecule has 1 aliphatic heterocycles. The Bertz CT molecular complexity index is 474. The summed E-state index contributed by atoms with van der Waals surface area (Å²) in [7, 11) is 0.780. The highest BCUT2D eigenvalue weighted by Gasteiger charge is 2.19. The lowest BCUT2D eigenvalue weighted by atomic mass is 10.1. The molecule has 1 unspecified atom stereocenters. The van der Waals surface area contributed by atoms with Crippen LogP contribution in [0.1, 0.15) is 38.8 Å². The quantitative estimate of drug-likeness (QED) is 0.602. The van der Waals surface area contributed by atoms with Crippen molar-refractivity contribution in [2.24, 2.45) is 0 Å². The first kappa shape index (κ1) is 19.0. The second kappa shape index (κ2) is 9.86. The fourth-order valence-corrected chi connectivity index (χ4v) is 2.80. The summed E-state index contributed by atoms with van der Waals surface area (Å²) in [4.78, 5) is 2.35. The fourth-order valence-electron chi connectivity index (χ4n) is 2.33. The smallest absolute Gasteiger partial charge is 0.119 e. The number of hydrogen-bond donors (Lipinski definition) is 1. The number of nitrogens with one attached hydrogen (secondary N) is 1. The van der Waals surface area contributed by atoms with Gasteiger partial charge in [0.25, 0.3) is 0 Å². The summed E-state index contributed by atoms with van der Waals surface area (Å²) in [5.74, 6) is 0.973. The second-order valence-electron chi connectivity index (χ2n) is 5.44. The predicted octanol–water partition coefficient (Wildman–Crippen LogP) is 4.18. The second-order valence-corrected chi connectivity index (χ2v) is 6.52. The molecule has 3 nitrogen and oxygen atoms in total. The molecule has 1 N–H and O–H groups in total. The van der Waals surface area contributed by atoms with Gasteiger partial charge in [-0.25, -0.2) is 0 Å². The van der Waals surface area contributed by atoms with Crippen molar-refractivity contribution < 1.29 is 4.74 Å². The van der Waals surface area contributed by atoms with Gasteiger partial charge >= 0.3 is 0 Å². The van der Waals surface area contributed by atoms with Crippen molar-refractivity contribution in [3.8, 4) is 5.75 Å². The van der Waals surface area contributed by atoms with Crippen molar-refractivity contribution in [2.75, 3.05) is 19.8 Å². The van der Waals surface area contributed by atoms with Crippen molar-refractivity contribution in [1.29, 1.82) is 0 Å². The van der Waals surface area contributed by atoms with Gasteiger partial charge in [-0.15, -0.1) is 0 Å². The molecule has 1 heterocycles. The van der Waals surface area contributed by atoms with E-state index >= 15 is 0 Å². The van der Waals surface area contributed by atoms with E-state index in [4.69, 9.17) is 4.74 Å². The van der Waals surface area contributed by atoms with Crippen molar-refractivity contribution >= 4 is 8.58 Å². The number of hydrogen-bond acceptors (Lipinski definition) is 3. The first-order valence-electron chi connectivity index (χ1n) is 8.19. The molecule has 0 aromatic heterocycles. The van der Waals surface area contributed by atoms with Gasteiger partial charge in [0.2, 0.25) is 0 Å². The minimum atomic E-state index is 0.507. The molecule has 124 valence electrons. The lowest BCUT2D eigenvalue weighted by Crippen LogP contribution is -2.27. The van der Waals surface area contributed by atoms with E-state index in [2.05, 4.69) is 55.5 Å². The van der Waals surface area contributed by atoms with Crippen molar-refractivity contribution in [2.45, 2.75) is 46.8 Å². The molecular weight excluding hydrogens is 291 g/mol. The highest BCUT2D eigenvalue weighted by molar-refractivity contribution is 7.41. The van der Waals surface area contributed by atoms with Crippen LogP contribution < -0.4 is 10.1 Å². The normalized spacial score (nSPS) is 13.3. The van der Waals surface area contributed by atoms with E-state index < -0.39 is 0 Å². The molecule has 0 radical (unpaired) electrons. The van der Waals surface area contributed by atoms with Crippen LogP contribution in [0.4, 0.5) is 0 Å². The van der Waals surface area contributed by atoms with E-state index in [0.717, 1.165) is 34.0 Å². The summed E-state index contributed by atoms with van der Waals surface area (Å²) in [5.41, 5.74) is 4.01. The molecule has 1 atom stereocenters. The maximum absolute atomic E-state index is 5.80. The maximum atomic E-state index is 5.80. The average Bonchev–Trinajstić information content (AvgIpc) is 2.95. The van der Waals surface area contributed by atoms with Gasteiger partial charge in [-0.3, -0.25) is 0 Å². The Morgan fingerprint density at radius 3 is 2.64 bits per heavy atom. The molecule has 0 saturated carbocycles. The molecule has 1 aromatic rings. The number of fused-ring (bicyclic) bond motifs is 1. The molecule has 2 rings (SSSR count). The van der Waals surface area contributed by atoms with Crippen molar-refractivity contribution in [1.82, 2.24) is 10.2 Å². The summed E-state index contributed by atoms with van der Waals surface area (Å²) in [5, 5.41) is 3.35. The van der Waals surface area contributed by atoms with Crippen LogP contribution >= 0.6 is 8.58 Å². The van der Waals surface area contributed by atoms with Crippen LogP contribution in [0.5, 0.6) is 5.75 Å². The molecule has 0 bridgehead atoms. The number of nitrogens with zero attached hydrogens (tertiary/aromatic N) is 1. The Balaban J connectivity index is 0.00000116. The van der Waals surface area contributed by atoms with Gasteiger partial charge in [-0.1, -0.05) is 48.9 Å². The lowest BCUT2D eigenvalue weighted by molar-refractivity contribution is 0.308. The lowest BCUT2D eigenvalue weighted by Gasteiger charge is -2.18. The molecule has 4 heteroatoms. The standard InChI is InChI=1S/C16H25N2OP.C2H6/c1-12(2)17-7-8-19-16-6-5-14-10-18(13(3)20-4)11-15(14)9-16;1-2/h5-6,9,12,17,20H,3,7-8,10-11H2,1-2,4H3;1-2H3. The van der Waals surface area contributed by atoms with E-state index in [1.165, 1.54) is 16.6 Å². The van der Waals surface area contributed by atoms with Crippen LogP contribution in [0, 0.1) is 0 Å². The zero-order valence-corrected chi connectivity index (χ0v) is 15.7. The van der Waals surface area contributed by atoms with Gasteiger partial charge in [0.1, 0.15) is 12.4 Å². The van der Waals surface area contributed by atoms with Crippen molar-refractivity contribution in [3.63, 3.8) is 0 Å². The molecular formula is C18H31N2OP. The van der Waals surface area contributed by atoms with Gasteiger partial charge in [0.15, 0.2) is 0 Å². The summed E-state index contributed by atoms with van der Waals surface area (Å²) in [6.45, 7) is 18.2. The van der Waals surface area contributed by atoms with Gasteiger partial charge in [0.05, 0.1) is 0 Å². The number of benzene rings is 1. The summed E-state index contributed by atoms with van der Waals surface area (Å²) in [6, 6.07) is 6.95. The van der Waals surface area contributed by atoms with Gasteiger partial charge < -0.3 is 15.0 Å². The van der Waals surface area contributed by atoms with Crippen LogP contribution in [-0.2, 0) is 13.1 Å². The van der Waals surface area contributed by atoms with Crippen LogP contribution in [0.2, 0.25) is 0 Å². The third-order valence-electron chi connectivity index (χ3n) is 3.49. The van der Waals surface area contributed by atoms with Crippen LogP contribution in [-0.4, -0.2) is 30.8 Å². The molecule has 0 amide bonds. The SMILES string of the molecule is C=C(PC)N1Cc2ccc(OCCNC(C)C)cc2C1.CC. The van der Waals surface area contributed by atoms with E-state index in [9.17, 15) is 0 Å². The Kier molecular flexibility index (Phi) is 8.52. The van der Waals surface area contributed by atoms with E-state index in [1.54, 1.807) is 0 Å². The molecule has 0 fully saturated rings. The van der Waals surface area contributed by atoms with Crippen LogP contribution in [0.25, 0.3) is 0 Å². The zero-order valence-electron chi connectivity index (χ0n) is 14.7.